The standard InChI is InChI=1S/2C13H12F.C12H10Si.2ClH.Zr/c2*1-9-7-10(2)12(8-9)11-5-3-4-6-13(11)14;1-3-7-11(8-4-1)13-12-9-5-2-6-10-12;;;/h2*3-6,8-9H,1-2H3;1-10H;2*1H;/q;;;;;+2/p-2. The van der Waals surface area contributed by atoms with Crippen LogP contribution in [-0.4, -0.2) is 5.43 Å². The van der Waals surface area contributed by atoms with E-state index in [1.165, 1.54) is 21.5 Å². The molecule has 0 radical (unpaired) electrons. The molecular formula is C38H34Cl2F2SiZr. The monoisotopic (exact) mass is 716 g/mol. The largest absolute Gasteiger partial charge is 1.00 e. The van der Waals surface area contributed by atoms with Gasteiger partial charge in [-0.05, 0) is 0 Å². The van der Waals surface area contributed by atoms with E-state index in [0.29, 0.717) is 11.1 Å². The van der Waals surface area contributed by atoms with Gasteiger partial charge in [-0.1, -0.05) is 0 Å². The summed E-state index contributed by atoms with van der Waals surface area (Å²) in [6, 6.07) is 36.4. The molecule has 0 fully saturated rings. The van der Waals surface area contributed by atoms with Crippen LogP contribution in [0.25, 0.3) is 11.1 Å². The molecule has 0 amide bonds. The normalized spacial score (nSPS) is 17.3. The Kier molecular flexibility index (Phi) is 11.4. The molecule has 0 saturated carbocycles. The third-order valence-corrected chi connectivity index (χ3v) is 28.8. The van der Waals surface area contributed by atoms with Crippen LogP contribution in [0.4, 0.5) is 8.78 Å². The first-order chi connectivity index (χ1) is 20.4. The molecule has 0 nitrogen and oxygen atoms in total. The Morgan fingerprint density at radius 3 is 1.23 bits per heavy atom. The van der Waals surface area contributed by atoms with Crippen LogP contribution >= 0.6 is 0 Å². The van der Waals surface area contributed by atoms with Gasteiger partial charge in [0, 0.05) is 0 Å². The Bertz CT molecular complexity index is 1710. The average Bonchev–Trinajstić information content (AvgIpc) is 3.46. The number of halogens is 4. The number of hydrogen-bond donors (Lipinski definition) is 0. The molecule has 2 unspecified atom stereocenters. The van der Waals surface area contributed by atoms with Gasteiger partial charge in [-0.2, -0.15) is 0 Å². The van der Waals surface area contributed by atoms with E-state index in [4.69, 9.17) is 0 Å². The quantitative estimate of drug-likeness (QED) is 0.270. The molecule has 0 bridgehead atoms. The minimum absolute atomic E-state index is 0. The van der Waals surface area contributed by atoms with Crippen LogP contribution in [0.5, 0.6) is 0 Å². The minimum Gasteiger partial charge on any atom is -1.00 e. The average molecular weight is 719 g/mol. The van der Waals surface area contributed by atoms with Crippen molar-refractivity contribution >= 4 is 27.0 Å². The van der Waals surface area contributed by atoms with Crippen LogP contribution in [0.15, 0.2) is 139 Å². The summed E-state index contributed by atoms with van der Waals surface area (Å²) in [5.41, 5.74) is 4.67. The van der Waals surface area contributed by atoms with E-state index in [1.54, 1.807) is 30.8 Å². The van der Waals surface area contributed by atoms with Gasteiger partial charge in [-0.3, -0.25) is 0 Å². The topological polar surface area (TPSA) is 0 Å². The summed E-state index contributed by atoms with van der Waals surface area (Å²) in [7, 11) is 0. The second-order valence-corrected chi connectivity index (χ2v) is 24.3. The summed E-state index contributed by atoms with van der Waals surface area (Å²) < 4.78 is 33.4. The van der Waals surface area contributed by atoms with Gasteiger partial charge < -0.3 is 24.8 Å². The Hall–Kier alpha value is -2.62. The molecule has 6 rings (SSSR count). The second kappa shape index (κ2) is 14.6. The predicted octanol–water partition coefficient (Wildman–Crippen LogP) is 2.71. The maximum Gasteiger partial charge on any atom is -1.00 e. The first-order valence-corrected chi connectivity index (χ1v) is 22.2. The van der Waals surface area contributed by atoms with Crippen LogP contribution in [0.3, 0.4) is 0 Å². The van der Waals surface area contributed by atoms with Crippen molar-refractivity contribution in [2.24, 2.45) is 11.8 Å². The van der Waals surface area contributed by atoms with Crippen LogP contribution in [0, 0.1) is 23.5 Å². The van der Waals surface area contributed by atoms with Gasteiger partial charge in [0.2, 0.25) is 0 Å². The Labute approximate surface area is 280 Å². The number of benzene rings is 4. The van der Waals surface area contributed by atoms with E-state index in [-0.39, 0.29) is 48.3 Å². The second-order valence-electron chi connectivity index (χ2n) is 11.3. The summed E-state index contributed by atoms with van der Waals surface area (Å²) >= 11 is -2.84. The van der Waals surface area contributed by atoms with Crippen molar-refractivity contribution in [2.45, 2.75) is 27.7 Å². The van der Waals surface area contributed by atoms with Crippen LogP contribution in [0.1, 0.15) is 38.8 Å². The fraction of sp³-hybridized carbons (Fsp3) is 0.158. The summed E-state index contributed by atoms with van der Waals surface area (Å²) in [4.78, 5) is 0. The van der Waals surface area contributed by atoms with Crippen molar-refractivity contribution in [2.75, 3.05) is 0 Å². The van der Waals surface area contributed by atoms with Gasteiger partial charge in [-0.15, -0.1) is 0 Å². The van der Waals surface area contributed by atoms with E-state index in [2.05, 4.69) is 101 Å². The molecule has 0 saturated heterocycles. The third kappa shape index (κ3) is 6.38. The zero-order chi connectivity index (χ0) is 29.4. The number of allylic oxidation sites excluding steroid dienone is 8. The number of hydrogen-bond acceptors (Lipinski definition) is 0. The third-order valence-electron chi connectivity index (χ3n) is 8.60. The van der Waals surface area contributed by atoms with Gasteiger partial charge >= 0.3 is 257 Å². The SMILES string of the molecule is CC1=[C]([Zr+2]([C]2=C(C)C(c3ccccc3F)=CC2C)=[Si](c2ccccc2)c2ccccc2)C(C)C=C1c1ccccc1F.[Cl-].[Cl-]. The van der Waals surface area contributed by atoms with Crippen molar-refractivity contribution in [1.82, 2.24) is 0 Å². The smallest absolute Gasteiger partial charge is 1.00 e. The van der Waals surface area contributed by atoms with Gasteiger partial charge in [0.1, 0.15) is 0 Å². The molecule has 0 N–H and O–H groups in total. The molecule has 0 aromatic heterocycles. The van der Waals surface area contributed by atoms with Crippen molar-refractivity contribution in [3.05, 3.63) is 162 Å². The molecule has 0 aliphatic heterocycles. The Balaban J connectivity index is 0.00000221. The first-order valence-electron chi connectivity index (χ1n) is 14.6. The Morgan fingerprint density at radius 2 is 0.864 bits per heavy atom. The number of rotatable bonds is 6. The molecule has 222 valence electrons. The molecule has 4 aromatic rings. The summed E-state index contributed by atoms with van der Waals surface area (Å²) in [6.07, 6.45) is 4.58. The molecular weight excluding hydrogens is 685 g/mol. The van der Waals surface area contributed by atoms with E-state index >= 15 is 8.78 Å². The summed E-state index contributed by atoms with van der Waals surface area (Å²) in [6.45, 7) is 9.02. The zero-order valence-electron chi connectivity index (χ0n) is 25.2. The molecule has 2 aliphatic rings. The van der Waals surface area contributed by atoms with Gasteiger partial charge in [-0.25, -0.2) is 0 Å². The van der Waals surface area contributed by atoms with Crippen LogP contribution in [-0.2, 0) is 20.4 Å². The molecule has 2 aliphatic carbocycles. The first kappa shape index (κ1) is 34.3. The maximum atomic E-state index is 15.2. The van der Waals surface area contributed by atoms with E-state index in [9.17, 15) is 0 Å². The van der Waals surface area contributed by atoms with E-state index < -0.39 is 25.8 Å². The molecule has 2 atom stereocenters. The van der Waals surface area contributed by atoms with E-state index in [1.807, 2.05) is 24.3 Å². The van der Waals surface area contributed by atoms with E-state index in [0.717, 1.165) is 11.1 Å². The van der Waals surface area contributed by atoms with Crippen molar-refractivity contribution in [3.63, 3.8) is 0 Å². The van der Waals surface area contributed by atoms with Crippen molar-refractivity contribution < 1.29 is 54.0 Å². The molecule has 0 spiro atoms. The molecule has 4 aromatic carbocycles. The molecule has 44 heavy (non-hydrogen) atoms. The predicted molar refractivity (Wildman–Crippen MR) is 170 cm³/mol. The minimum atomic E-state index is -2.84. The van der Waals surface area contributed by atoms with Crippen molar-refractivity contribution in [3.8, 4) is 0 Å². The summed E-state index contributed by atoms with van der Waals surface area (Å²) in [5.74, 6) is 0.0795. The van der Waals surface area contributed by atoms with Gasteiger partial charge in [0.25, 0.3) is 0 Å². The van der Waals surface area contributed by atoms with Gasteiger partial charge in [0.05, 0.1) is 0 Å². The van der Waals surface area contributed by atoms with Crippen LogP contribution in [0.2, 0.25) is 0 Å². The van der Waals surface area contributed by atoms with Crippen molar-refractivity contribution in [1.29, 1.82) is 0 Å². The van der Waals surface area contributed by atoms with Gasteiger partial charge in [0.15, 0.2) is 0 Å². The fourth-order valence-electron chi connectivity index (χ4n) is 6.74. The zero-order valence-corrected chi connectivity index (χ0v) is 30.2. The Morgan fingerprint density at radius 1 is 0.523 bits per heavy atom. The molecule has 6 heteroatoms. The maximum absolute atomic E-state index is 15.2. The summed E-state index contributed by atoms with van der Waals surface area (Å²) in [5, 5.41) is 2.84. The fourth-order valence-corrected chi connectivity index (χ4v) is 30.7. The van der Waals surface area contributed by atoms with Crippen LogP contribution < -0.4 is 35.2 Å². The molecule has 0 heterocycles.